The minimum absolute atomic E-state index is 0.696. The van der Waals surface area contributed by atoms with Gasteiger partial charge in [-0.3, -0.25) is 0 Å². The largest absolute Gasteiger partial charge is 0.493 e. The summed E-state index contributed by atoms with van der Waals surface area (Å²) in [4.78, 5) is 0. The molecule has 0 saturated heterocycles. The van der Waals surface area contributed by atoms with Crippen LogP contribution in [0.2, 0.25) is 0 Å². The molecule has 5 heteroatoms. The van der Waals surface area contributed by atoms with Crippen molar-refractivity contribution in [2.45, 2.75) is 6.54 Å². The van der Waals surface area contributed by atoms with Crippen molar-refractivity contribution in [2.75, 3.05) is 19.5 Å². The van der Waals surface area contributed by atoms with Crippen LogP contribution in [0.1, 0.15) is 5.56 Å². The van der Waals surface area contributed by atoms with E-state index >= 15 is 0 Å². The van der Waals surface area contributed by atoms with E-state index in [1.807, 2.05) is 36.4 Å². The molecule has 3 nitrogen and oxygen atoms in total. The van der Waals surface area contributed by atoms with E-state index in [2.05, 4.69) is 37.2 Å². The molecule has 0 bridgehead atoms. The van der Waals surface area contributed by atoms with Gasteiger partial charge in [-0.25, -0.2) is 0 Å². The maximum absolute atomic E-state index is 5.34. The summed E-state index contributed by atoms with van der Waals surface area (Å²) in [6.07, 6.45) is 0. The summed E-state index contributed by atoms with van der Waals surface area (Å²) in [5.41, 5.74) is 2.16. The van der Waals surface area contributed by atoms with Crippen LogP contribution in [0.25, 0.3) is 0 Å². The highest BCUT2D eigenvalue weighted by molar-refractivity contribution is 9.11. The zero-order valence-corrected chi connectivity index (χ0v) is 14.4. The lowest BCUT2D eigenvalue weighted by Gasteiger charge is -2.13. The monoisotopic (exact) mass is 399 g/mol. The van der Waals surface area contributed by atoms with Crippen molar-refractivity contribution < 1.29 is 9.47 Å². The summed E-state index contributed by atoms with van der Waals surface area (Å²) in [7, 11) is 3.26. The second kappa shape index (κ2) is 6.99. The van der Waals surface area contributed by atoms with Gasteiger partial charge in [0.05, 0.1) is 18.7 Å². The number of nitrogens with one attached hydrogen (secondary N) is 1. The topological polar surface area (TPSA) is 30.5 Å². The lowest BCUT2D eigenvalue weighted by Crippen LogP contribution is -2.01. The molecular formula is C15H15Br2NO2. The zero-order valence-electron chi connectivity index (χ0n) is 11.2. The minimum Gasteiger partial charge on any atom is -0.493 e. The molecule has 0 atom stereocenters. The Kier molecular flexibility index (Phi) is 5.31. The Labute approximate surface area is 135 Å². The van der Waals surface area contributed by atoms with Crippen molar-refractivity contribution in [1.82, 2.24) is 0 Å². The van der Waals surface area contributed by atoms with Crippen LogP contribution in [0.5, 0.6) is 11.5 Å². The molecule has 0 unspecified atom stereocenters. The van der Waals surface area contributed by atoms with Crippen LogP contribution in [0.15, 0.2) is 45.3 Å². The van der Waals surface area contributed by atoms with E-state index in [0.29, 0.717) is 18.0 Å². The van der Waals surface area contributed by atoms with Crippen LogP contribution >= 0.6 is 31.9 Å². The van der Waals surface area contributed by atoms with Crippen molar-refractivity contribution >= 4 is 37.5 Å². The molecule has 0 heterocycles. The Morgan fingerprint density at radius 3 is 2.40 bits per heavy atom. The maximum Gasteiger partial charge on any atom is 0.174 e. The Morgan fingerprint density at radius 2 is 1.75 bits per heavy atom. The molecule has 0 fully saturated rings. The summed E-state index contributed by atoms with van der Waals surface area (Å²) in [6, 6.07) is 12.0. The number of halogens is 2. The van der Waals surface area contributed by atoms with E-state index in [9.17, 15) is 0 Å². The SMILES string of the molecule is COc1cc(CNc2ccccc2Br)cc(Br)c1OC. The number of benzene rings is 2. The molecule has 1 N–H and O–H groups in total. The second-order valence-electron chi connectivity index (χ2n) is 4.15. The summed E-state index contributed by atoms with van der Waals surface area (Å²) in [6.45, 7) is 0.696. The molecule has 2 rings (SSSR count). The lowest BCUT2D eigenvalue weighted by molar-refractivity contribution is 0.352. The number of ether oxygens (including phenoxy) is 2. The summed E-state index contributed by atoms with van der Waals surface area (Å²) < 4.78 is 12.6. The molecule has 0 aliphatic rings. The number of hydrogen-bond acceptors (Lipinski definition) is 3. The third-order valence-electron chi connectivity index (χ3n) is 2.85. The van der Waals surface area contributed by atoms with Gasteiger partial charge in [-0.2, -0.15) is 0 Å². The van der Waals surface area contributed by atoms with Gasteiger partial charge >= 0.3 is 0 Å². The number of methoxy groups -OCH3 is 2. The first kappa shape index (κ1) is 15.2. The highest BCUT2D eigenvalue weighted by atomic mass is 79.9. The van der Waals surface area contributed by atoms with Crippen LogP contribution in [0, 0.1) is 0 Å². The fourth-order valence-electron chi connectivity index (χ4n) is 1.88. The van der Waals surface area contributed by atoms with Crippen LogP contribution in [-0.2, 0) is 6.54 Å². The molecule has 20 heavy (non-hydrogen) atoms. The number of para-hydroxylation sites is 1. The van der Waals surface area contributed by atoms with E-state index in [1.165, 1.54) is 0 Å². The van der Waals surface area contributed by atoms with Crippen molar-refractivity contribution in [2.24, 2.45) is 0 Å². The molecule has 2 aromatic carbocycles. The zero-order chi connectivity index (χ0) is 14.5. The fourth-order valence-corrected chi connectivity index (χ4v) is 2.95. The molecule has 0 aromatic heterocycles. The van der Waals surface area contributed by atoms with E-state index in [0.717, 1.165) is 20.2 Å². The highest BCUT2D eigenvalue weighted by Gasteiger charge is 2.10. The molecule has 2 aromatic rings. The normalized spacial score (nSPS) is 10.2. The van der Waals surface area contributed by atoms with E-state index in [-0.39, 0.29) is 0 Å². The van der Waals surface area contributed by atoms with Gasteiger partial charge < -0.3 is 14.8 Å². The summed E-state index contributed by atoms with van der Waals surface area (Å²) >= 11 is 7.02. The molecule has 0 aliphatic heterocycles. The smallest absolute Gasteiger partial charge is 0.174 e. The Morgan fingerprint density at radius 1 is 1.00 bits per heavy atom. The third-order valence-corrected chi connectivity index (χ3v) is 4.13. The average Bonchev–Trinajstić information content (AvgIpc) is 2.45. The van der Waals surface area contributed by atoms with Gasteiger partial charge in [-0.1, -0.05) is 12.1 Å². The van der Waals surface area contributed by atoms with Crippen LogP contribution in [-0.4, -0.2) is 14.2 Å². The minimum atomic E-state index is 0.696. The first-order chi connectivity index (χ1) is 9.65. The number of anilines is 1. The van der Waals surface area contributed by atoms with Gasteiger partial charge in [-0.05, 0) is 61.7 Å². The third kappa shape index (κ3) is 3.46. The standard InChI is InChI=1S/C15H15Br2NO2/c1-19-14-8-10(7-12(17)15(14)20-2)9-18-13-6-4-3-5-11(13)16/h3-8,18H,9H2,1-2H3. The molecule has 0 spiro atoms. The molecular weight excluding hydrogens is 386 g/mol. The fraction of sp³-hybridized carbons (Fsp3) is 0.200. The molecule has 106 valence electrons. The predicted molar refractivity (Wildman–Crippen MR) is 88.7 cm³/mol. The van der Waals surface area contributed by atoms with Crippen molar-refractivity contribution in [1.29, 1.82) is 0 Å². The molecule has 0 amide bonds. The average molecular weight is 401 g/mol. The predicted octanol–water partition coefficient (Wildman–Crippen LogP) is 4.84. The summed E-state index contributed by atoms with van der Waals surface area (Å²) in [5, 5.41) is 3.38. The molecule has 0 saturated carbocycles. The molecule has 0 aliphatic carbocycles. The first-order valence-corrected chi connectivity index (χ1v) is 7.63. The van der Waals surface area contributed by atoms with Gasteiger partial charge in [0.2, 0.25) is 0 Å². The quantitative estimate of drug-likeness (QED) is 0.778. The van der Waals surface area contributed by atoms with Gasteiger partial charge in [0.15, 0.2) is 11.5 Å². The van der Waals surface area contributed by atoms with Gasteiger partial charge in [0.25, 0.3) is 0 Å². The second-order valence-corrected chi connectivity index (χ2v) is 5.86. The number of rotatable bonds is 5. The van der Waals surface area contributed by atoms with Gasteiger partial charge in [0, 0.05) is 16.7 Å². The van der Waals surface area contributed by atoms with Crippen LogP contribution in [0.3, 0.4) is 0 Å². The Hall–Kier alpha value is -1.20. The highest BCUT2D eigenvalue weighted by Crippen LogP contribution is 2.36. The van der Waals surface area contributed by atoms with Crippen LogP contribution in [0.4, 0.5) is 5.69 Å². The lowest BCUT2D eigenvalue weighted by atomic mass is 10.2. The summed E-state index contributed by atoms with van der Waals surface area (Å²) in [5.74, 6) is 1.42. The Balaban J connectivity index is 2.18. The Bertz CT molecular complexity index is 602. The van der Waals surface area contributed by atoms with Crippen molar-refractivity contribution in [3.63, 3.8) is 0 Å². The van der Waals surface area contributed by atoms with Gasteiger partial charge in [0.1, 0.15) is 0 Å². The van der Waals surface area contributed by atoms with E-state index in [1.54, 1.807) is 14.2 Å². The van der Waals surface area contributed by atoms with E-state index < -0.39 is 0 Å². The van der Waals surface area contributed by atoms with Crippen molar-refractivity contribution in [3.8, 4) is 11.5 Å². The first-order valence-electron chi connectivity index (χ1n) is 6.04. The van der Waals surface area contributed by atoms with Crippen LogP contribution < -0.4 is 14.8 Å². The molecule has 0 radical (unpaired) electrons. The van der Waals surface area contributed by atoms with E-state index in [4.69, 9.17) is 9.47 Å². The number of hydrogen-bond donors (Lipinski definition) is 1. The van der Waals surface area contributed by atoms with Crippen molar-refractivity contribution in [3.05, 3.63) is 50.9 Å². The van der Waals surface area contributed by atoms with Gasteiger partial charge in [-0.15, -0.1) is 0 Å². The maximum atomic E-state index is 5.34.